The van der Waals surface area contributed by atoms with Gasteiger partial charge in [-0.2, -0.15) is 0 Å². The fourth-order valence-electron chi connectivity index (χ4n) is 7.44. The third-order valence-corrected chi connectivity index (χ3v) is 9.40. The Morgan fingerprint density at radius 1 is 0.848 bits per heavy atom. The van der Waals surface area contributed by atoms with E-state index < -0.39 is 23.4 Å². The van der Waals surface area contributed by atoms with Gasteiger partial charge in [-0.05, 0) is 77.7 Å². The van der Waals surface area contributed by atoms with E-state index in [-0.39, 0.29) is 17.5 Å². The van der Waals surface area contributed by atoms with Crippen molar-refractivity contribution in [2.75, 3.05) is 26.1 Å². The average molecular weight is 615 g/mol. The van der Waals surface area contributed by atoms with Crippen LogP contribution in [-0.2, 0) is 10.2 Å². The predicted octanol–water partition coefficient (Wildman–Crippen LogP) is 6.47. The highest BCUT2D eigenvalue weighted by molar-refractivity contribution is 6.16. The molecule has 0 aromatic heterocycles. The molecule has 3 aliphatic rings. The average Bonchev–Trinajstić information content (AvgIpc) is 3.58. The summed E-state index contributed by atoms with van der Waals surface area (Å²) in [5, 5.41) is 3.09. The number of amides is 1. The van der Waals surface area contributed by atoms with Gasteiger partial charge in [0.1, 0.15) is 17.2 Å². The quantitative estimate of drug-likeness (QED) is 0.216. The number of Topliss-reactive ketones (excluding diaryl/α,β-unsaturated/α-hetero) is 2. The third-order valence-electron chi connectivity index (χ3n) is 9.40. The molecule has 7 rings (SSSR count). The molecule has 8 heteroatoms. The molecule has 4 unspecified atom stereocenters. The Hall–Kier alpha value is -5.37. The summed E-state index contributed by atoms with van der Waals surface area (Å²) in [5.74, 6) is -0.466. The van der Waals surface area contributed by atoms with Crippen LogP contribution in [0, 0.1) is 5.92 Å². The fourth-order valence-corrected chi connectivity index (χ4v) is 7.44. The predicted molar refractivity (Wildman–Crippen MR) is 175 cm³/mol. The van der Waals surface area contributed by atoms with Gasteiger partial charge in [-0.15, -0.1) is 0 Å². The minimum atomic E-state index is -1.41. The topological polar surface area (TPSA) is 94.2 Å². The SMILES string of the molecule is CCCOc1ccc(C(=O)C2C(C(=O)c3ccc(OC)c(OC)c3)N3C=Cc4ccccc4C3C23C(=O)Nc2ccccc23)cc1. The summed E-state index contributed by atoms with van der Waals surface area (Å²) in [6.07, 6.45) is 4.66. The lowest BCUT2D eigenvalue weighted by molar-refractivity contribution is -0.122. The Kier molecular flexibility index (Phi) is 7.35. The fraction of sp³-hybridized carbons (Fsp3) is 0.237. The zero-order valence-electron chi connectivity index (χ0n) is 25.9. The maximum Gasteiger partial charge on any atom is 0.238 e. The number of nitrogens with zero attached hydrogens (tertiary/aromatic N) is 1. The standard InChI is InChI=1S/C38H34N2O6/c1-4-21-46-26-16-13-24(14-17-26)34(41)32-33(35(42)25-15-18-30(44-2)31(22-25)45-3)40-20-19-23-9-5-6-10-27(23)36(40)38(32)28-11-7-8-12-29(28)39-37(38)43/h5-20,22,32-33,36H,4,21H2,1-3H3,(H,39,43). The maximum absolute atomic E-state index is 15.0. The summed E-state index contributed by atoms with van der Waals surface area (Å²) in [6.45, 7) is 2.58. The highest BCUT2D eigenvalue weighted by atomic mass is 16.5. The lowest BCUT2D eigenvalue weighted by Gasteiger charge is -2.38. The molecule has 1 amide bonds. The smallest absolute Gasteiger partial charge is 0.238 e. The van der Waals surface area contributed by atoms with Crippen LogP contribution < -0.4 is 19.5 Å². The molecule has 1 fully saturated rings. The van der Waals surface area contributed by atoms with Crippen LogP contribution in [0.15, 0.2) is 97.2 Å². The number of nitrogens with one attached hydrogen (secondary N) is 1. The van der Waals surface area contributed by atoms with Crippen LogP contribution in [0.25, 0.3) is 6.08 Å². The third kappa shape index (κ3) is 4.31. The monoisotopic (exact) mass is 614 g/mol. The number of hydrogen-bond acceptors (Lipinski definition) is 7. The number of ether oxygens (including phenoxy) is 3. The first-order valence-corrected chi connectivity index (χ1v) is 15.4. The molecule has 4 atom stereocenters. The molecule has 46 heavy (non-hydrogen) atoms. The molecule has 3 heterocycles. The van der Waals surface area contributed by atoms with Crippen molar-refractivity contribution in [3.8, 4) is 17.2 Å². The number of carbonyl (C=O) groups is 3. The van der Waals surface area contributed by atoms with E-state index in [0.29, 0.717) is 46.2 Å². The summed E-state index contributed by atoms with van der Waals surface area (Å²) in [5.41, 5.74) is 2.47. The molecule has 3 aliphatic heterocycles. The number of rotatable bonds is 9. The summed E-state index contributed by atoms with van der Waals surface area (Å²) < 4.78 is 16.7. The normalized spacial score (nSPS) is 22.1. The Morgan fingerprint density at radius 2 is 1.57 bits per heavy atom. The number of methoxy groups -OCH3 is 2. The molecule has 4 aromatic rings. The first-order valence-electron chi connectivity index (χ1n) is 15.4. The summed E-state index contributed by atoms with van der Waals surface area (Å²) in [4.78, 5) is 46.5. The van der Waals surface area contributed by atoms with Crippen LogP contribution >= 0.6 is 0 Å². The van der Waals surface area contributed by atoms with Crippen molar-refractivity contribution >= 4 is 29.2 Å². The molecule has 1 N–H and O–H groups in total. The Bertz CT molecular complexity index is 1880. The van der Waals surface area contributed by atoms with E-state index in [9.17, 15) is 9.59 Å². The van der Waals surface area contributed by atoms with E-state index >= 15 is 4.79 Å². The maximum atomic E-state index is 15.0. The van der Waals surface area contributed by atoms with Gasteiger partial charge in [0, 0.05) is 23.0 Å². The number of ketones is 2. The van der Waals surface area contributed by atoms with Gasteiger partial charge >= 0.3 is 0 Å². The van der Waals surface area contributed by atoms with Gasteiger partial charge in [0.25, 0.3) is 0 Å². The highest BCUT2D eigenvalue weighted by Gasteiger charge is 2.70. The largest absolute Gasteiger partial charge is 0.494 e. The summed E-state index contributed by atoms with van der Waals surface area (Å²) >= 11 is 0. The highest BCUT2D eigenvalue weighted by Crippen LogP contribution is 2.62. The van der Waals surface area contributed by atoms with Crippen LogP contribution in [0.2, 0.25) is 0 Å². The van der Waals surface area contributed by atoms with Crippen LogP contribution in [0.1, 0.15) is 56.8 Å². The Labute approximate surface area is 267 Å². The molecule has 1 saturated heterocycles. The zero-order valence-corrected chi connectivity index (χ0v) is 25.9. The van der Waals surface area contributed by atoms with E-state index in [1.807, 2.05) is 72.6 Å². The van der Waals surface area contributed by atoms with E-state index in [4.69, 9.17) is 14.2 Å². The molecule has 4 aromatic carbocycles. The number of benzene rings is 4. The van der Waals surface area contributed by atoms with Crippen molar-refractivity contribution in [2.45, 2.75) is 30.8 Å². The second-order valence-electron chi connectivity index (χ2n) is 11.8. The van der Waals surface area contributed by atoms with Crippen molar-refractivity contribution in [2.24, 2.45) is 5.92 Å². The van der Waals surface area contributed by atoms with Crippen LogP contribution in [0.3, 0.4) is 0 Å². The summed E-state index contributed by atoms with van der Waals surface area (Å²) in [6, 6.07) is 25.6. The van der Waals surface area contributed by atoms with Crippen LogP contribution in [0.5, 0.6) is 17.2 Å². The lowest BCUT2D eigenvalue weighted by Crippen LogP contribution is -2.49. The number of para-hydroxylation sites is 1. The number of anilines is 1. The molecule has 8 nitrogen and oxygen atoms in total. The van der Waals surface area contributed by atoms with E-state index in [2.05, 4.69) is 5.32 Å². The van der Waals surface area contributed by atoms with E-state index in [0.717, 1.165) is 17.5 Å². The van der Waals surface area contributed by atoms with Gasteiger partial charge in [0.2, 0.25) is 5.91 Å². The molecule has 1 spiro atoms. The Balaban J connectivity index is 1.47. The zero-order chi connectivity index (χ0) is 32.0. The first kappa shape index (κ1) is 29.3. The van der Waals surface area contributed by atoms with Crippen molar-refractivity contribution < 1.29 is 28.6 Å². The first-order chi connectivity index (χ1) is 22.4. The van der Waals surface area contributed by atoms with Gasteiger partial charge in [0.15, 0.2) is 23.1 Å². The van der Waals surface area contributed by atoms with Crippen LogP contribution in [0.4, 0.5) is 5.69 Å². The molecule has 232 valence electrons. The molecular formula is C38H34N2O6. The number of fused-ring (bicyclic) bond motifs is 6. The molecular weight excluding hydrogens is 580 g/mol. The van der Waals surface area contributed by atoms with Gasteiger partial charge in [-0.3, -0.25) is 14.4 Å². The van der Waals surface area contributed by atoms with Crippen molar-refractivity contribution in [1.82, 2.24) is 4.90 Å². The van der Waals surface area contributed by atoms with Crippen molar-refractivity contribution in [3.63, 3.8) is 0 Å². The molecule has 0 saturated carbocycles. The second-order valence-corrected chi connectivity index (χ2v) is 11.8. The van der Waals surface area contributed by atoms with Gasteiger partial charge < -0.3 is 24.4 Å². The minimum absolute atomic E-state index is 0.298. The minimum Gasteiger partial charge on any atom is -0.494 e. The van der Waals surface area contributed by atoms with Crippen LogP contribution in [-0.4, -0.2) is 49.2 Å². The second kappa shape index (κ2) is 11.5. The van der Waals surface area contributed by atoms with Gasteiger partial charge in [0.05, 0.1) is 32.8 Å². The van der Waals surface area contributed by atoms with Gasteiger partial charge in [-0.1, -0.05) is 49.4 Å². The molecule has 0 radical (unpaired) electrons. The lowest BCUT2D eigenvalue weighted by atomic mass is 9.62. The number of hydrogen-bond donors (Lipinski definition) is 1. The molecule has 0 aliphatic carbocycles. The van der Waals surface area contributed by atoms with E-state index in [1.54, 1.807) is 42.5 Å². The summed E-state index contributed by atoms with van der Waals surface area (Å²) in [7, 11) is 3.04. The number of carbonyl (C=O) groups excluding carboxylic acids is 3. The van der Waals surface area contributed by atoms with E-state index in [1.165, 1.54) is 14.2 Å². The van der Waals surface area contributed by atoms with Crippen molar-refractivity contribution in [3.05, 3.63) is 125 Å². The molecule has 0 bridgehead atoms. The Morgan fingerprint density at radius 3 is 2.33 bits per heavy atom. The van der Waals surface area contributed by atoms with Crippen molar-refractivity contribution in [1.29, 1.82) is 0 Å². The van der Waals surface area contributed by atoms with Gasteiger partial charge in [-0.25, -0.2) is 0 Å².